The van der Waals surface area contributed by atoms with E-state index in [4.69, 9.17) is 0 Å². The van der Waals surface area contributed by atoms with Gasteiger partial charge in [0.1, 0.15) is 5.52 Å². The largest absolute Gasteiger partial charge is 0.340 e. The molecule has 1 atom stereocenters. The number of fused-ring (bicyclic) bond motifs is 3. The van der Waals surface area contributed by atoms with Crippen LogP contribution in [0.5, 0.6) is 0 Å². The lowest BCUT2D eigenvalue weighted by Crippen LogP contribution is -2.42. The molecule has 0 spiro atoms. The van der Waals surface area contributed by atoms with E-state index in [1.807, 2.05) is 47.9 Å². The summed E-state index contributed by atoms with van der Waals surface area (Å²) in [6, 6.07) is 7.95. The van der Waals surface area contributed by atoms with Gasteiger partial charge < -0.3 is 9.88 Å². The van der Waals surface area contributed by atoms with E-state index in [9.17, 15) is 4.79 Å². The number of nitrogens with one attached hydrogen (secondary N) is 1. The molecule has 6 nitrogen and oxygen atoms in total. The minimum atomic E-state index is -0.160. The average molecular weight is 374 g/mol. The highest BCUT2D eigenvalue weighted by Gasteiger charge is 2.26. The number of carbonyl (C=O) groups is 1. The van der Waals surface area contributed by atoms with Crippen LogP contribution in [0.1, 0.15) is 13.3 Å². The second-order valence-electron chi connectivity index (χ2n) is 5.91. The molecule has 0 saturated carbocycles. The van der Waals surface area contributed by atoms with Crippen molar-refractivity contribution in [3.63, 3.8) is 0 Å². The second kappa shape index (κ2) is 7.21. The van der Waals surface area contributed by atoms with Gasteiger partial charge in [0.05, 0.1) is 5.25 Å². The maximum atomic E-state index is 12.8. The molecule has 1 N–H and O–H groups in total. The Morgan fingerprint density at radius 1 is 1.32 bits per heavy atom. The van der Waals surface area contributed by atoms with E-state index in [1.165, 1.54) is 11.8 Å². The fourth-order valence-electron chi connectivity index (χ4n) is 2.98. The average Bonchev–Trinajstić information content (AvgIpc) is 3.04. The monoisotopic (exact) mass is 373 g/mol. The van der Waals surface area contributed by atoms with E-state index in [-0.39, 0.29) is 11.2 Å². The molecule has 1 unspecified atom stereocenters. The summed E-state index contributed by atoms with van der Waals surface area (Å²) in [4.78, 5) is 22.6. The molecule has 25 heavy (non-hydrogen) atoms. The summed E-state index contributed by atoms with van der Waals surface area (Å²) in [5.74, 6) is 2.23. The van der Waals surface area contributed by atoms with Crippen molar-refractivity contribution in [2.75, 3.05) is 24.6 Å². The lowest BCUT2D eigenvalue weighted by Gasteiger charge is -2.29. The Hall–Kier alpha value is -1.80. The van der Waals surface area contributed by atoms with E-state index >= 15 is 0 Å². The quantitative estimate of drug-likeness (QED) is 0.709. The zero-order valence-corrected chi connectivity index (χ0v) is 15.6. The Morgan fingerprint density at radius 3 is 2.92 bits per heavy atom. The number of hydrogen-bond donors (Lipinski definition) is 1. The zero-order chi connectivity index (χ0) is 17.2. The van der Waals surface area contributed by atoms with Crippen molar-refractivity contribution in [2.24, 2.45) is 0 Å². The normalized spacial score (nSPS) is 16.4. The van der Waals surface area contributed by atoms with Crippen molar-refractivity contribution < 1.29 is 4.79 Å². The minimum Gasteiger partial charge on any atom is -0.340 e. The van der Waals surface area contributed by atoms with Crippen molar-refractivity contribution in [3.05, 3.63) is 24.3 Å². The van der Waals surface area contributed by atoms with Crippen molar-refractivity contribution in [3.8, 4) is 0 Å². The molecule has 4 rings (SSSR count). The summed E-state index contributed by atoms with van der Waals surface area (Å²) < 4.78 is 0. The first-order valence-corrected chi connectivity index (χ1v) is 10.4. The molecule has 1 amide bonds. The van der Waals surface area contributed by atoms with Gasteiger partial charge in [0, 0.05) is 35.5 Å². The summed E-state index contributed by atoms with van der Waals surface area (Å²) in [6.45, 7) is 3.70. The molecule has 3 aromatic rings. The molecule has 1 aliphatic heterocycles. The van der Waals surface area contributed by atoms with Gasteiger partial charge in [-0.05, 0) is 12.5 Å². The topological polar surface area (TPSA) is 74.8 Å². The fourth-order valence-corrected chi connectivity index (χ4v) is 4.78. The molecule has 1 fully saturated rings. The molecule has 1 aliphatic rings. The van der Waals surface area contributed by atoms with Gasteiger partial charge in [-0.1, -0.05) is 36.9 Å². The van der Waals surface area contributed by atoms with Crippen LogP contribution in [0.15, 0.2) is 29.4 Å². The van der Waals surface area contributed by atoms with Crippen LogP contribution in [0.3, 0.4) is 0 Å². The summed E-state index contributed by atoms with van der Waals surface area (Å²) in [5.41, 5.74) is 2.48. The number of nitrogens with zero attached hydrogens (tertiary/aromatic N) is 4. The fraction of sp³-hybridized carbons (Fsp3) is 0.412. The van der Waals surface area contributed by atoms with Crippen LogP contribution in [0.2, 0.25) is 0 Å². The molecule has 130 valence electrons. The van der Waals surface area contributed by atoms with Crippen molar-refractivity contribution in [1.29, 1.82) is 0 Å². The first kappa shape index (κ1) is 16.7. The van der Waals surface area contributed by atoms with Crippen LogP contribution in [0.25, 0.3) is 22.1 Å². The Labute approximate surface area is 154 Å². The van der Waals surface area contributed by atoms with Gasteiger partial charge in [-0.3, -0.25) is 4.79 Å². The Kier molecular flexibility index (Phi) is 4.80. The number of rotatable bonds is 4. The van der Waals surface area contributed by atoms with Gasteiger partial charge in [0.15, 0.2) is 5.65 Å². The number of para-hydroxylation sites is 1. The van der Waals surface area contributed by atoms with Gasteiger partial charge in [0.2, 0.25) is 11.1 Å². The Morgan fingerprint density at radius 2 is 2.12 bits per heavy atom. The number of aromatic nitrogens is 4. The van der Waals surface area contributed by atoms with Crippen molar-refractivity contribution >= 4 is 51.5 Å². The van der Waals surface area contributed by atoms with Crippen LogP contribution in [-0.2, 0) is 4.79 Å². The van der Waals surface area contributed by atoms with Crippen molar-refractivity contribution in [2.45, 2.75) is 23.8 Å². The third-order valence-electron chi connectivity index (χ3n) is 4.32. The van der Waals surface area contributed by atoms with Crippen LogP contribution in [0, 0.1) is 0 Å². The summed E-state index contributed by atoms with van der Waals surface area (Å²) in [7, 11) is 0. The molecule has 2 aromatic heterocycles. The highest BCUT2D eigenvalue weighted by Crippen LogP contribution is 2.27. The molecule has 1 saturated heterocycles. The highest BCUT2D eigenvalue weighted by molar-refractivity contribution is 8.00. The molecule has 8 heteroatoms. The number of hydrogen-bond acceptors (Lipinski definition) is 6. The van der Waals surface area contributed by atoms with Gasteiger partial charge in [-0.15, -0.1) is 10.2 Å². The maximum absolute atomic E-state index is 12.8. The van der Waals surface area contributed by atoms with Gasteiger partial charge in [0.25, 0.3) is 0 Å². The first-order valence-electron chi connectivity index (χ1n) is 8.40. The van der Waals surface area contributed by atoms with Crippen LogP contribution in [-0.4, -0.2) is 60.8 Å². The smallest absolute Gasteiger partial charge is 0.236 e. The third kappa shape index (κ3) is 3.32. The van der Waals surface area contributed by atoms with Gasteiger partial charge in [-0.2, -0.15) is 11.8 Å². The van der Waals surface area contributed by atoms with E-state index in [0.717, 1.165) is 53.1 Å². The minimum absolute atomic E-state index is 0.160. The SMILES string of the molecule is CCC(Sc1nnc2c(n1)[nH]c1ccccc12)C(=O)N1CCSCC1. The predicted molar refractivity (Wildman–Crippen MR) is 103 cm³/mol. The van der Waals surface area contributed by atoms with E-state index in [2.05, 4.69) is 20.2 Å². The molecule has 0 aliphatic carbocycles. The molecular weight excluding hydrogens is 354 g/mol. The molecule has 3 heterocycles. The number of benzene rings is 1. The van der Waals surface area contributed by atoms with E-state index in [0.29, 0.717) is 5.16 Å². The number of thioether (sulfide) groups is 2. The molecule has 0 bridgehead atoms. The first-order chi connectivity index (χ1) is 12.3. The van der Waals surface area contributed by atoms with Crippen molar-refractivity contribution in [1.82, 2.24) is 25.1 Å². The molecule has 1 aromatic carbocycles. The van der Waals surface area contributed by atoms with E-state index in [1.54, 1.807) is 0 Å². The van der Waals surface area contributed by atoms with Crippen LogP contribution in [0.4, 0.5) is 0 Å². The highest BCUT2D eigenvalue weighted by atomic mass is 32.2. The van der Waals surface area contributed by atoms with Gasteiger partial charge >= 0.3 is 0 Å². The number of amides is 1. The second-order valence-corrected chi connectivity index (χ2v) is 8.31. The van der Waals surface area contributed by atoms with E-state index < -0.39 is 0 Å². The summed E-state index contributed by atoms with van der Waals surface area (Å²) in [6.07, 6.45) is 0.751. The van der Waals surface area contributed by atoms with Crippen LogP contribution < -0.4 is 0 Å². The Bertz CT molecular complexity index is 906. The summed E-state index contributed by atoms with van der Waals surface area (Å²) >= 11 is 3.32. The van der Waals surface area contributed by atoms with Crippen LogP contribution >= 0.6 is 23.5 Å². The lowest BCUT2D eigenvalue weighted by atomic mass is 10.2. The molecular formula is C17H19N5OS2. The number of H-pyrrole nitrogens is 1. The molecule has 0 radical (unpaired) electrons. The Balaban J connectivity index is 1.57. The third-order valence-corrected chi connectivity index (χ3v) is 6.46. The maximum Gasteiger partial charge on any atom is 0.236 e. The zero-order valence-electron chi connectivity index (χ0n) is 13.9. The standard InChI is InChI=1S/C17H19N5OS2/c1-2-13(16(23)22-7-9-24-10-8-22)25-17-19-15-14(20-21-17)11-5-3-4-6-12(11)18-15/h3-6,13H,2,7-10H2,1H3,(H,18,19,21). The lowest BCUT2D eigenvalue weighted by molar-refractivity contribution is -0.130. The number of aromatic amines is 1. The predicted octanol–water partition coefficient (Wildman–Crippen LogP) is 2.95. The number of carbonyl (C=O) groups excluding carboxylic acids is 1. The summed E-state index contributed by atoms with van der Waals surface area (Å²) in [5, 5.41) is 9.99. The van der Waals surface area contributed by atoms with Gasteiger partial charge in [-0.25, -0.2) is 4.98 Å².